The van der Waals surface area contributed by atoms with Crippen LogP contribution >= 0.6 is 0 Å². The van der Waals surface area contributed by atoms with Crippen LogP contribution in [-0.4, -0.2) is 11.6 Å². The SMILES string of the molecule is CC(=O)C1=C(C)C(C)=C(C)CC1=O. The average molecular weight is 178 g/mol. The second kappa shape index (κ2) is 3.29. The van der Waals surface area contributed by atoms with Gasteiger partial charge in [-0.25, -0.2) is 0 Å². The number of carbonyl (C=O) groups is 2. The Morgan fingerprint density at radius 2 is 1.69 bits per heavy atom. The molecule has 0 radical (unpaired) electrons. The summed E-state index contributed by atoms with van der Waals surface area (Å²) in [7, 11) is 0. The molecule has 70 valence electrons. The molecule has 0 unspecified atom stereocenters. The van der Waals surface area contributed by atoms with Crippen LogP contribution in [0, 0.1) is 0 Å². The van der Waals surface area contributed by atoms with Crippen LogP contribution in [0.5, 0.6) is 0 Å². The van der Waals surface area contributed by atoms with E-state index in [0.717, 1.165) is 16.7 Å². The first-order valence-corrected chi connectivity index (χ1v) is 4.37. The Bertz CT molecular complexity index is 343. The molecule has 1 aliphatic rings. The van der Waals surface area contributed by atoms with Crippen molar-refractivity contribution in [3.63, 3.8) is 0 Å². The van der Waals surface area contributed by atoms with Crippen molar-refractivity contribution >= 4 is 11.6 Å². The van der Waals surface area contributed by atoms with Gasteiger partial charge in [0.05, 0.1) is 5.57 Å². The highest BCUT2D eigenvalue weighted by atomic mass is 16.1. The van der Waals surface area contributed by atoms with Crippen LogP contribution in [0.2, 0.25) is 0 Å². The summed E-state index contributed by atoms with van der Waals surface area (Å²) in [5.41, 5.74) is 3.40. The van der Waals surface area contributed by atoms with Crippen molar-refractivity contribution in [2.45, 2.75) is 34.1 Å². The van der Waals surface area contributed by atoms with Gasteiger partial charge in [-0.15, -0.1) is 0 Å². The summed E-state index contributed by atoms with van der Waals surface area (Å²) in [6.45, 7) is 7.19. The van der Waals surface area contributed by atoms with Crippen LogP contribution in [0.15, 0.2) is 22.3 Å². The van der Waals surface area contributed by atoms with Crippen molar-refractivity contribution in [3.05, 3.63) is 22.3 Å². The molecule has 0 aliphatic heterocycles. The lowest BCUT2D eigenvalue weighted by atomic mass is 9.85. The van der Waals surface area contributed by atoms with Gasteiger partial charge in [-0.2, -0.15) is 0 Å². The Balaban J connectivity index is 3.31. The van der Waals surface area contributed by atoms with Crippen molar-refractivity contribution in [3.8, 4) is 0 Å². The molecule has 0 atom stereocenters. The van der Waals surface area contributed by atoms with Gasteiger partial charge < -0.3 is 0 Å². The molecule has 1 aliphatic carbocycles. The van der Waals surface area contributed by atoms with Gasteiger partial charge in [-0.05, 0) is 38.8 Å². The number of ketones is 2. The third-order valence-electron chi connectivity index (χ3n) is 2.63. The van der Waals surface area contributed by atoms with Gasteiger partial charge >= 0.3 is 0 Å². The molecule has 0 saturated carbocycles. The molecule has 0 bridgehead atoms. The molecule has 0 heterocycles. The van der Waals surface area contributed by atoms with E-state index in [1.165, 1.54) is 6.92 Å². The lowest BCUT2D eigenvalue weighted by molar-refractivity contribution is -0.120. The van der Waals surface area contributed by atoms with Crippen LogP contribution in [-0.2, 0) is 9.59 Å². The molecule has 13 heavy (non-hydrogen) atoms. The predicted octanol–water partition coefficient (Wildman–Crippen LogP) is 2.20. The van der Waals surface area contributed by atoms with Gasteiger partial charge in [0.2, 0.25) is 0 Å². The van der Waals surface area contributed by atoms with Crippen molar-refractivity contribution in [2.24, 2.45) is 0 Å². The van der Waals surface area contributed by atoms with E-state index in [0.29, 0.717) is 12.0 Å². The molecule has 0 aromatic rings. The zero-order valence-electron chi connectivity index (χ0n) is 8.52. The lowest BCUT2D eigenvalue weighted by Crippen LogP contribution is -2.17. The van der Waals surface area contributed by atoms with Crippen LogP contribution in [0.1, 0.15) is 34.1 Å². The number of Topliss-reactive ketones (excluding diaryl/α,β-unsaturated/α-hetero) is 2. The number of carbonyl (C=O) groups excluding carboxylic acids is 2. The minimum atomic E-state index is -0.116. The number of rotatable bonds is 1. The highest BCUT2D eigenvalue weighted by Gasteiger charge is 2.23. The van der Waals surface area contributed by atoms with E-state index in [-0.39, 0.29) is 11.6 Å². The quantitative estimate of drug-likeness (QED) is 0.577. The van der Waals surface area contributed by atoms with Gasteiger partial charge in [0.1, 0.15) is 0 Å². The maximum atomic E-state index is 11.5. The van der Waals surface area contributed by atoms with Crippen LogP contribution in [0.25, 0.3) is 0 Å². The molecule has 2 heteroatoms. The molecule has 0 N–H and O–H groups in total. The normalized spacial score (nSPS) is 18.3. The molecule has 1 rings (SSSR count). The second-order valence-electron chi connectivity index (χ2n) is 3.56. The average Bonchev–Trinajstić information content (AvgIpc) is 1.99. The fraction of sp³-hybridized carbons (Fsp3) is 0.455. The largest absolute Gasteiger partial charge is 0.294 e. The van der Waals surface area contributed by atoms with E-state index in [1.54, 1.807) is 0 Å². The summed E-state index contributed by atoms with van der Waals surface area (Å²) in [4.78, 5) is 22.7. The summed E-state index contributed by atoms with van der Waals surface area (Å²) in [5, 5.41) is 0. The standard InChI is InChI=1S/C11H14O2/c1-6-5-10(13)11(9(4)12)8(3)7(6)2/h5H2,1-4H3. The van der Waals surface area contributed by atoms with Crippen LogP contribution < -0.4 is 0 Å². The molecule has 2 nitrogen and oxygen atoms in total. The molecular weight excluding hydrogens is 164 g/mol. The van der Waals surface area contributed by atoms with E-state index in [2.05, 4.69) is 0 Å². The van der Waals surface area contributed by atoms with Crippen molar-refractivity contribution < 1.29 is 9.59 Å². The van der Waals surface area contributed by atoms with Crippen LogP contribution in [0.4, 0.5) is 0 Å². The van der Waals surface area contributed by atoms with Crippen molar-refractivity contribution in [1.29, 1.82) is 0 Å². The summed E-state index contributed by atoms with van der Waals surface area (Å²) in [6, 6.07) is 0. The monoisotopic (exact) mass is 178 g/mol. The zero-order valence-corrected chi connectivity index (χ0v) is 8.52. The van der Waals surface area contributed by atoms with E-state index in [1.807, 2.05) is 20.8 Å². The minimum absolute atomic E-state index is 0.0342. The highest BCUT2D eigenvalue weighted by Crippen LogP contribution is 2.27. The summed E-state index contributed by atoms with van der Waals surface area (Å²) in [6.07, 6.45) is 0.401. The molecule has 0 spiro atoms. The predicted molar refractivity (Wildman–Crippen MR) is 51.4 cm³/mol. The molecule has 0 fully saturated rings. The van der Waals surface area contributed by atoms with Crippen molar-refractivity contribution in [2.75, 3.05) is 0 Å². The van der Waals surface area contributed by atoms with E-state index < -0.39 is 0 Å². The highest BCUT2D eigenvalue weighted by molar-refractivity contribution is 6.21. The van der Waals surface area contributed by atoms with Gasteiger partial charge in [0, 0.05) is 6.42 Å². The minimum Gasteiger partial charge on any atom is -0.294 e. The van der Waals surface area contributed by atoms with E-state index in [9.17, 15) is 9.59 Å². The van der Waals surface area contributed by atoms with Gasteiger partial charge in [-0.1, -0.05) is 5.57 Å². The Morgan fingerprint density at radius 3 is 2.15 bits per heavy atom. The third kappa shape index (κ3) is 1.62. The number of allylic oxidation sites excluding steroid dienone is 4. The fourth-order valence-electron chi connectivity index (χ4n) is 1.64. The molecular formula is C11H14O2. The first-order valence-electron chi connectivity index (χ1n) is 4.37. The van der Waals surface area contributed by atoms with Crippen molar-refractivity contribution in [1.82, 2.24) is 0 Å². The third-order valence-corrected chi connectivity index (χ3v) is 2.63. The smallest absolute Gasteiger partial charge is 0.170 e. The topological polar surface area (TPSA) is 34.1 Å². The van der Waals surface area contributed by atoms with E-state index in [4.69, 9.17) is 0 Å². The number of hydrogen-bond acceptors (Lipinski definition) is 2. The first kappa shape index (κ1) is 9.90. The molecule has 0 amide bonds. The van der Waals surface area contributed by atoms with Gasteiger partial charge in [0.15, 0.2) is 11.6 Å². The first-order chi connectivity index (χ1) is 5.95. The molecule has 0 saturated heterocycles. The van der Waals surface area contributed by atoms with Gasteiger partial charge in [-0.3, -0.25) is 9.59 Å². The van der Waals surface area contributed by atoms with Gasteiger partial charge in [0.25, 0.3) is 0 Å². The van der Waals surface area contributed by atoms with E-state index >= 15 is 0 Å². The maximum absolute atomic E-state index is 11.5. The molecule has 0 aromatic carbocycles. The molecule has 0 aromatic heterocycles. The number of hydrogen-bond donors (Lipinski definition) is 0. The summed E-state index contributed by atoms with van der Waals surface area (Å²) < 4.78 is 0. The Kier molecular flexibility index (Phi) is 2.50. The fourth-order valence-corrected chi connectivity index (χ4v) is 1.64. The lowest BCUT2D eigenvalue weighted by Gasteiger charge is -2.17. The Hall–Kier alpha value is -1.18. The maximum Gasteiger partial charge on any atom is 0.170 e. The Morgan fingerprint density at radius 1 is 1.15 bits per heavy atom. The van der Waals surface area contributed by atoms with Crippen LogP contribution in [0.3, 0.4) is 0 Å². The zero-order chi connectivity index (χ0) is 10.2. The Labute approximate surface area is 78.3 Å². The summed E-state index contributed by atoms with van der Waals surface area (Å²) >= 11 is 0. The summed E-state index contributed by atoms with van der Waals surface area (Å²) in [5.74, 6) is -0.151. The second-order valence-corrected chi connectivity index (χ2v) is 3.56.